The molecule has 1 amide bonds. The zero-order chi connectivity index (χ0) is 41.2. The number of fused-ring (bicyclic) bond motifs is 2. The van der Waals surface area contributed by atoms with Crippen LogP contribution in [-0.4, -0.2) is 104 Å². The van der Waals surface area contributed by atoms with Crippen LogP contribution in [0.1, 0.15) is 67.6 Å². The third-order valence-corrected chi connectivity index (χ3v) is 12.5. The second-order valence-electron chi connectivity index (χ2n) is 16.3. The van der Waals surface area contributed by atoms with E-state index in [0.717, 1.165) is 79.0 Å². The van der Waals surface area contributed by atoms with Gasteiger partial charge < -0.3 is 38.9 Å². The lowest BCUT2D eigenvalue weighted by atomic mass is 9.55. The number of hydrogen-bond acceptors (Lipinski definition) is 10. The van der Waals surface area contributed by atoms with Crippen molar-refractivity contribution in [3.63, 3.8) is 0 Å². The van der Waals surface area contributed by atoms with E-state index in [-0.39, 0.29) is 55.8 Å². The van der Waals surface area contributed by atoms with Gasteiger partial charge in [-0.25, -0.2) is 0 Å². The number of benzene rings is 3. The molecule has 0 radical (unpaired) electrons. The van der Waals surface area contributed by atoms with Crippen molar-refractivity contribution >= 4 is 11.6 Å². The monoisotopic (exact) mass is 807 g/mol. The number of likely N-dealkylation sites (N-methyl/N-ethyl adjacent to an activating group) is 1. The number of rotatable bonds is 22. The Hall–Kier alpha value is -4.68. The largest absolute Gasteiger partial charge is 0.497 e. The van der Waals surface area contributed by atoms with E-state index in [0.29, 0.717) is 44.0 Å². The Kier molecular flexibility index (Phi) is 14.4. The highest BCUT2D eigenvalue weighted by Crippen LogP contribution is 2.61. The van der Waals surface area contributed by atoms with E-state index in [9.17, 15) is 15.0 Å². The second kappa shape index (κ2) is 20.1. The van der Waals surface area contributed by atoms with Crippen molar-refractivity contribution in [2.45, 2.75) is 75.7 Å². The summed E-state index contributed by atoms with van der Waals surface area (Å²) < 4.78 is 26.2. The molecule has 59 heavy (non-hydrogen) atoms. The molecular weight excluding hydrogens is 747 g/mol. The molecule has 0 spiro atoms. The minimum Gasteiger partial charge on any atom is -0.497 e. The number of carbonyl (C=O) groups excluding carboxylic acids is 1. The molecule has 316 valence electrons. The average molecular weight is 808 g/mol. The average Bonchev–Trinajstić information content (AvgIpc) is 4.09. The van der Waals surface area contributed by atoms with E-state index in [1.165, 1.54) is 0 Å². The number of allylic oxidation sites excluding steroid dienone is 1. The molecule has 2 aliphatic heterocycles. The maximum atomic E-state index is 14.5. The number of unbranched alkanes of at least 4 members (excludes halogenated alkanes) is 2. The van der Waals surface area contributed by atoms with Gasteiger partial charge in [-0.1, -0.05) is 72.6 Å². The number of aliphatic hydroxyl groups is 2. The standard InChI is InChI=1S/C48H61N3O8/c1-4-26-57-48-44(50(2)45(54)29-35-15-12-17-37(28-35)55-3)32-42(49-58-33-34-13-6-5-7-14-34)40-30-36(16-8-10-24-52)39(18-9-11-25-53)46(47(40)48)41-31-38(19-20-43(41)59-48)56-27-23-51-21-22-51/h4-7,12-15,17,19-20,28,30-31,36,39,44,46-47,52-53H,1,8-11,16,18,21-27,29,32-33H2,2-3H3. The zero-order valence-corrected chi connectivity index (χ0v) is 34.7. The minimum atomic E-state index is -1.32. The van der Waals surface area contributed by atoms with Gasteiger partial charge in [0.15, 0.2) is 0 Å². The molecule has 4 aliphatic rings. The van der Waals surface area contributed by atoms with E-state index < -0.39 is 11.8 Å². The topological polar surface area (TPSA) is 122 Å². The highest BCUT2D eigenvalue weighted by molar-refractivity contribution is 6.03. The number of amides is 1. The summed E-state index contributed by atoms with van der Waals surface area (Å²) in [4.78, 5) is 24.9. The van der Waals surface area contributed by atoms with Crippen LogP contribution in [0.15, 0.2) is 102 Å². The van der Waals surface area contributed by atoms with E-state index in [1.807, 2.05) is 73.8 Å². The van der Waals surface area contributed by atoms with E-state index in [4.69, 9.17) is 28.9 Å². The quantitative estimate of drug-likeness (QED) is 0.0482. The summed E-state index contributed by atoms with van der Waals surface area (Å²) >= 11 is 0. The summed E-state index contributed by atoms with van der Waals surface area (Å²) in [6.45, 7) is 8.47. The van der Waals surface area contributed by atoms with Crippen LogP contribution in [0.25, 0.3) is 0 Å². The molecule has 11 heteroatoms. The fourth-order valence-corrected chi connectivity index (χ4v) is 9.42. The van der Waals surface area contributed by atoms with E-state index in [1.54, 1.807) is 18.1 Å². The predicted octanol–water partition coefficient (Wildman–Crippen LogP) is 6.92. The van der Waals surface area contributed by atoms with Gasteiger partial charge in [-0.3, -0.25) is 9.69 Å². The molecule has 1 saturated carbocycles. The Bertz CT molecular complexity index is 1930. The number of oxime groups is 1. The second-order valence-corrected chi connectivity index (χ2v) is 16.3. The molecule has 3 aromatic rings. The van der Waals surface area contributed by atoms with Crippen molar-refractivity contribution in [3.05, 3.63) is 114 Å². The van der Waals surface area contributed by atoms with Gasteiger partial charge in [0, 0.05) is 57.8 Å². The minimum absolute atomic E-state index is 0.0971. The van der Waals surface area contributed by atoms with Crippen LogP contribution in [0.4, 0.5) is 0 Å². The summed E-state index contributed by atoms with van der Waals surface area (Å²) in [6, 6.07) is 23.1. The molecule has 6 atom stereocenters. The normalized spacial score (nSPS) is 24.9. The van der Waals surface area contributed by atoms with Crippen molar-refractivity contribution in [1.29, 1.82) is 0 Å². The van der Waals surface area contributed by atoms with Crippen molar-refractivity contribution in [2.24, 2.45) is 22.9 Å². The molecular formula is C48H61N3O8. The predicted molar refractivity (Wildman–Crippen MR) is 228 cm³/mol. The lowest BCUT2D eigenvalue weighted by Gasteiger charge is -2.59. The number of carbonyl (C=O) groups is 1. The van der Waals surface area contributed by atoms with Crippen LogP contribution in [-0.2, 0) is 27.4 Å². The summed E-state index contributed by atoms with van der Waals surface area (Å²) in [5.74, 6) is 0.510. The lowest BCUT2D eigenvalue weighted by Crippen LogP contribution is -2.69. The summed E-state index contributed by atoms with van der Waals surface area (Å²) in [7, 11) is 3.46. The fraction of sp³-hybridized carbons (Fsp3) is 0.500. The smallest absolute Gasteiger partial charge is 0.239 e. The lowest BCUT2D eigenvalue weighted by molar-refractivity contribution is -0.255. The van der Waals surface area contributed by atoms with E-state index in [2.05, 4.69) is 23.6 Å². The fourth-order valence-electron chi connectivity index (χ4n) is 9.42. The molecule has 2 N–H and O–H groups in total. The number of ether oxygens (including phenoxy) is 4. The highest BCUT2D eigenvalue weighted by atomic mass is 16.7. The number of hydrogen-bond donors (Lipinski definition) is 2. The van der Waals surface area contributed by atoms with Crippen molar-refractivity contribution < 1.29 is 38.8 Å². The van der Waals surface area contributed by atoms with Gasteiger partial charge in [0.1, 0.15) is 36.5 Å². The molecule has 2 fully saturated rings. The molecule has 11 nitrogen and oxygen atoms in total. The van der Waals surface area contributed by atoms with Crippen molar-refractivity contribution in [2.75, 3.05) is 60.2 Å². The van der Waals surface area contributed by atoms with Crippen LogP contribution in [0.2, 0.25) is 0 Å². The van der Waals surface area contributed by atoms with Gasteiger partial charge in [0.05, 0.1) is 31.8 Å². The molecule has 7 rings (SSSR count). The number of aliphatic hydroxyl groups excluding tert-OH is 2. The van der Waals surface area contributed by atoms with Crippen LogP contribution in [0.5, 0.6) is 17.2 Å². The van der Waals surface area contributed by atoms with Crippen LogP contribution in [0.3, 0.4) is 0 Å². The third-order valence-electron chi connectivity index (χ3n) is 12.5. The maximum absolute atomic E-state index is 14.5. The summed E-state index contributed by atoms with van der Waals surface area (Å²) in [5.41, 5.74) is 4.65. The van der Waals surface area contributed by atoms with Crippen molar-refractivity contribution in [1.82, 2.24) is 9.80 Å². The SMILES string of the molecule is C=CCOC12Oc3ccc(OCCN4CC4)cc3C3C(CCCCO)C(CCCCO)C=C(C(=NOCc4ccccc4)CC1N(C)C(=O)Cc1cccc(OC)c1)C32. The van der Waals surface area contributed by atoms with Gasteiger partial charge in [-0.05, 0) is 84.6 Å². The zero-order valence-electron chi connectivity index (χ0n) is 34.7. The molecule has 2 aliphatic carbocycles. The van der Waals surface area contributed by atoms with Crippen LogP contribution in [0, 0.1) is 17.8 Å². The Morgan fingerprint density at radius 3 is 2.51 bits per heavy atom. The highest BCUT2D eigenvalue weighted by Gasteiger charge is 2.65. The Morgan fingerprint density at radius 1 is 0.983 bits per heavy atom. The maximum Gasteiger partial charge on any atom is 0.239 e. The van der Waals surface area contributed by atoms with Gasteiger partial charge in [0.25, 0.3) is 0 Å². The van der Waals surface area contributed by atoms with Gasteiger partial charge >= 0.3 is 0 Å². The molecule has 3 aromatic carbocycles. The Morgan fingerprint density at radius 2 is 1.76 bits per heavy atom. The molecule has 0 aromatic heterocycles. The van der Waals surface area contributed by atoms with Crippen LogP contribution >= 0.6 is 0 Å². The van der Waals surface area contributed by atoms with Gasteiger partial charge in [-0.2, -0.15) is 0 Å². The van der Waals surface area contributed by atoms with Crippen LogP contribution < -0.4 is 14.2 Å². The van der Waals surface area contributed by atoms with Crippen molar-refractivity contribution in [3.8, 4) is 17.2 Å². The molecule has 6 unspecified atom stereocenters. The summed E-state index contributed by atoms with van der Waals surface area (Å²) in [5, 5.41) is 24.7. The Labute approximate surface area is 349 Å². The third kappa shape index (κ3) is 9.86. The molecule has 2 heterocycles. The molecule has 0 bridgehead atoms. The summed E-state index contributed by atoms with van der Waals surface area (Å²) in [6.07, 6.45) is 9.43. The van der Waals surface area contributed by atoms with E-state index >= 15 is 0 Å². The first-order valence-electron chi connectivity index (χ1n) is 21.4. The van der Waals surface area contributed by atoms with Gasteiger partial charge in [-0.15, -0.1) is 6.58 Å². The molecule has 1 saturated heterocycles. The first-order chi connectivity index (χ1) is 28.9. The Balaban J connectivity index is 1.37. The number of nitrogens with zero attached hydrogens (tertiary/aromatic N) is 3. The first-order valence-corrected chi connectivity index (χ1v) is 21.4. The first kappa shape index (κ1) is 42.4. The number of methoxy groups -OCH3 is 1. The van der Waals surface area contributed by atoms with Gasteiger partial charge in [0.2, 0.25) is 11.7 Å².